The van der Waals surface area contributed by atoms with Gasteiger partial charge in [0.15, 0.2) is 0 Å². The molecule has 0 spiro atoms. The molecular formula is C25H32FN5O3S. The smallest absolute Gasteiger partial charge is 0.238 e. The van der Waals surface area contributed by atoms with E-state index in [-0.39, 0.29) is 41.1 Å². The lowest BCUT2D eigenvalue weighted by Gasteiger charge is -2.23. The SMILES string of the molecule is C#CCNC(=O)C(C#N)CC1SC(CCNc2ccc(F)c(NC(=O)C(C)(C)C)c2)C(=O)N1CC. The molecule has 0 aromatic heterocycles. The van der Waals surface area contributed by atoms with E-state index < -0.39 is 23.1 Å². The van der Waals surface area contributed by atoms with Crippen molar-refractivity contribution in [2.45, 2.75) is 51.2 Å². The third kappa shape index (κ3) is 7.63. The van der Waals surface area contributed by atoms with Gasteiger partial charge in [-0.3, -0.25) is 14.4 Å². The molecule has 0 aliphatic carbocycles. The molecule has 188 valence electrons. The molecule has 2 rings (SSSR count). The molecule has 1 saturated heterocycles. The Hall–Kier alpha value is -3.24. The van der Waals surface area contributed by atoms with Crippen LogP contribution in [0.5, 0.6) is 0 Å². The predicted molar refractivity (Wildman–Crippen MR) is 136 cm³/mol. The molecule has 0 saturated carbocycles. The van der Waals surface area contributed by atoms with E-state index in [4.69, 9.17) is 6.42 Å². The number of carbonyl (C=O) groups is 3. The van der Waals surface area contributed by atoms with Gasteiger partial charge in [0.2, 0.25) is 17.7 Å². The van der Waals surface area contributed by atoms with Crippen LogP contribution in [-0.4, -0.2) is 52.9 Å². The Kier molecular flexibility index (Phi) is 9.97. The number of halogens is 1. The van der Waals surface area contributed by atoms with E-state index >= 15 is 0 Å². The number of nitrogens with one attached hydrogen (secondary N) is 3. The third-order valence-electron chi connectivity index (χ3n) is 5.47. The zero-order valence-corrected chi connectivity index (χ0v) is 21.3. The summed E-state index contributed by atoms with van der Waals surface area (Å²) in [7, 11) is 0. The fraction of sp³-hybridized carbons (Fsp3) is 0.520. The Labute approximate surface area is 210 Å². The predicted octanol–water partition coefficient (Wildman–Crippen LogP) is 3.18. The molecule has 10 heteroatoms. The Morgan fingerprint density at radius 1 is 1.34 bits per heavy atom. The second-order valence-electron chi connectivity index (χ2n) is 9.16. The molecule has 8 nitrogen and oxygen atoms in total. The minimum Gasteiger partial charge on any atom is -0.385 e. The van der Waals surface area contributed by atoms with Crippen molar-refractivity contribution in [2.75, 3.05) is 30.3 Å². The van der Waals surface area contributed by atoms with Crippen LogP contribution in [-0.2, 0) is 14.4 Å². The molecule has 1 aromatic carbocycles. The van der Waals surface area contributed by atoms with E-state index in [2.05, 4.69) is 21.9 Å². The summed E-state index contributed by atoms with van der Waals surface area (Å²) in [6, 6.07) is 6.37. The van der Waals surface area contributed by atoms with E-state index in [1.807, 2.05) is 13.0 Å². The summed E-state index contributed by atoms with van der Waals surface area (Å²) in [5.41, 5.74) is 0.0401. The molecule has 3 atom stereocenters. The van der Waals surface area contributed by atoms with E-state index in [0.717, 1.165) is 0 Å². The van der Waals surface area contributed by atoms with E-state index in [9.17, 15) is 24.0 Å². The molecule has 1 fully saturated rings. The van der Waals surface area contributed by atoms with Crippen molar-refractivity contribution in [3.05, 3.63) is 24.0 Å². The largest absolute Gasteiger partial charge is 0.385 e. The average Bonchev–Trinajstić information content (AvgIpc) is 3.11. The van der Waals surface area contributed by atoms with Crippen LogP contribution in [0.2, 0.25) is 0 Å². The number of rotatable bonds is 10. The lowest BCUT2D eigenvalue weighted by Crippen LogP contribution is -2.38. The summed E-state index contributed by atoms with van der Waals surface area (Å²) >= 11 is 1.44. The maximum atomic E-state index is 14.2. The Morgan fingerprint density at radius 2 is 2.06 bits per heavy atom. The van der Waals surface area contributed by atoms with Gasteiger partial charge in [-0.25, -0.2) is 4.39 Å². The van der Waals surface area contributed by atoms with Crippen LogP contribution in [0.3, 0.4) is 0 Å². The van der Waals surface area contributed by atoms with E-state index in [0.29, 0.717) is 25.2 Å². The van der Waals surface area contributed by atoms with Crippen LogP contribution in [0.4, 0.5) is 15.8 Å². The first-order valence-electron chi connectivity index (χ1n) is 11.4. The van der Waals surface area contributed by atoms with Gasteiger partial charge in [0.1, 0.15) is 11.7 Å². The molecule has 3 amide bonds. The maximum absolute atomic E-state index is 14.2. The summed E-state index contributed by atoms with van der Waals surface area (Å²) in [6.07, 6.45) is 5.87. The number of carbonyl (C=O) groups excluding carboxylic acids is 3. The highest BCUT2D eigenvalue weighted by molar-refractivity contribution is 8.01. The molecule has 1 heterocycles. The quantitative estimate of drug-likeness (QED) is 0.424. The molecule has 1 aliphatic heterocycles. The molecule has 35 heavy (non-hydrogen) atoms. The van der Waals surface area contributed by atoms with Gasteiger partial charge in [0.25, 0.3) is 0 Å². The first-order chi connectivity index (χ1) is 16.5. The van der Waals surface area contributed by atoms with Crippen LogP contribution in [0, 0.1) is 40.8 Å². The molecular weight excluding hydrogens is 469 g/mol. The lowest BCUT2D eigenvalue weighted by atomic mass is 9.95. The van der Waals surface area contributed by atoms with Crippen molar-refractivity contribution >= 4 is 40.9 Å². The fourth-order valence-corrected chi connectivity index (χ4v) is 5.04. The van der Waals surface area contributed by atoms with E-state index in [1.54, 1.807) is 31.7 Å². The Balaban J connectivity index is 1.97. The highest BCUT2D eigenvalue weighted by atomic mass is 32.2. The van der Waals surface area contributed by atoms with Gasteiger partial charge < -0.3 is 20.9 Å². The normalized spacial score (nSPS) is 18.4. The van der Waals surface area contributed by atoms with Crippen molar-refractivity contribution in [1.29, 1.82) is 5.26 Å². The van der Waals surface area contributed by atoms with Gasteiger partial charge in [-0.15, -0.1) is 18.2 Å². The van der Waals surface area contributed by atoms with Gasteiger partial charge in [-0.2, -0.15) is 5.26 Å². The average molecular weight is 502 g/mol. The highest BCUT2D eigenvalue weighted by Gasteiger charge is 2.40. The fourth-order valence-electron chi connectivity index (χ4n) is 3.45. The number of hydrogen-bond acceptors (Lipinski definition) is 6. The number of terminal acetylenes is 1. The van der Waals surface area contributed by atoms with Gasteiger partial charge in [-0.05, 0) is 31.5 Å². The number of nitrogens with zero attached hydrogens (tertiary/aromatic N) is 2. The van der Waals surface area contributed by atoms with Gasteiger partial charge in [0.05, 0.1) is 28.9 Å². The van der Waals surface area contributed by atoms with Crippen LogP contribution in [0.1, 0.15) is 40.5 Å². The standard InChI is InChI=1S/C25H32FN5O3S/c1-6-11-29-22(32)16(15-27)13-21-31(7-2)23(33)20(35-21)10-12-28-17-8-9-18(26)19(14-17)30-24(34)25(3,4)5/h1,8-9,14,16,20-21,28H,7,10-13H2,2-5H3,(H,29,32)(H,30,34). The number of amides is 3. The molecule has 3 N–H and O–H groups in total. The van der Waals surface area contributed by atoms with Crippen molar-refractivity contribution in [3.63, 3.8) is 0 Å². The zero-order valence-electron chi connectivity index (χ0n) is 20.5. The second-order valence-corrected chi connectivity index (χ2v) is 10.5. The molecule has 1 aliphatic rings. The summed E-state index contributed by atoms with van der Waals surface area (Å²) < 4.78 is 14.2. The molecule has 3 unspecified atom stereocenters. The van der Waals surface area contributed by atoms with Crippen molar-refractivity contribution in [3.8, 4) is 18.4 Å². The number of benzene rings is 1. The Bertz CT molecular complexity index is 1030. The van der Waals surface area contributed by atoms with Crippen molar-refractivity contribution < 1.29 is 18.8 Å². The van der Waals surface area contributed by atoms with Gasteiger partial charge in [-0.1, -0.05) is 26.7 Å². The van der Waals surface area contributed by atoms with Crippen molar-refractivity contribution in [1.82, 2.24) is 10.2 Å². The maximum Gasteiger partial charge on any atom is 0.238 e. The van der Waals surface area contributed by atoms with Gasteiger partial charge >= 0.3 is 0 Å². The highest BCUT2D eigenvalue weighted by Crippen LogP contribution is 2.37. The van der Waals surface area contributed by atoms with Crippen LogP contribution < -0.4 is 16.0 Å². The monoisotopic (exact) mass is 501 g/mol. The number of anilines is 2. The lowest BCUT2D eigenvalue weighted by molar-refractivity contribution is -0.131. The van der Waals surface area contributed by atoms with Crippen LogP contribution in [0.15, 0.2) is 18.2 Å². The summed E-state index contributed by atoms with van der Waals surface area (Å²) in [4.78, 5) is 39.0. The Morgan fingerprint density at radius 3 is 2.66 bits per heavy atom. The summed E-state index contributed by atoms with van der Waals surface area (Å²) in [5.74, 6) is 0.0948. The number of thioether (sulfide) groups is 1. The molecule has 0 bridgehead atoms. The first kappa shape index (κ1) is 28.0. The topological polar surface area (TPSA) is 114 Å². The number of hydrogen-bond donors (Lipinski definition) is 3. The zero-order chi connectivity index (χ0) is 26.2. The summed E-state index contributed by atoms with van der Waals surface area (Å²) in [6.45, 7) is 8.05. The van der Waals surface area contributed by atoms with Crippen molar-refractivity contribution in [2.24, 2.45) is 11.3 Å². The molecule has 1 aromatic rings. The number of nitriles is 1. The second kappa shape index (κ2) is 12.5. The van der Waals surface area contributed by atoms with Crippen LogP contribution in [0.25, 0.3) is 0 Å². The van der Waals surface area contributed by atoms with Crippen LogP contribution >= 0.6 is 11.8 Å². The third-order valence-corrected chi connectivity index (χ3v) is 7.00. The minimum atomic E-state index is -0.902. The van der Waals surface area contributed by atoms with E-state index in [1.165, 1.54) is 23.9 Å². The first-order valence-corrected chi connectivity index (χ1v) is 12.4. The summed E-state index contributed by atoms with van der Waals surface area (Å²) in [5, 5.41) is 17.1. The van der Waals surface area contributed by atoms with Gasteiger partial charge in [0, 0.05) is 30.6 Å². The minimum absolute atomic E-state index is 0.0396. The molecule has 0 radical (unpaired) electrons.